The standard InChI is InChI=1S/C24H39N3O6/c1-8-16-9-11-17(12-10-16)19(20(30)26-23(2,3)4)27(13-14-28)21(31)18(15-29)25-22(32)33-24(5,6)7/h9-12,18-19,28-29H,8,13-15H2,1-7H3,(H,25,32)(H,26,30). The molecule has 0 aliphatic carbocycles. The molecule has 2 unspecified atom stereocenters. The Morgan fingerprint density at radius 3 is 2.03 bits per heavy atom. The molecule has 1 aromatic rings. The highest BCUT2D eigenvalue weighted by atomic mass is 16.6. The van der Waals surface area contributed by atoms with E-state index in [1.165, 1.54) is 4.90 Å². The van der Waals surface area contributed by atoms with Gasteiger partial charge in [0.2, 0.25) is 11.8 Å². The van der Waals surface area contributed by atoms with Gasteiger partial charge in [-0.3, -0.25) is 9.59 Å². The van der Waals surface area contributed by atoms with E-state index in [1.54, 1.807) is 32.9 Å². The number of nitrogens with zero attached hydrogens (tertiary/aromatic N) is 1. The molecule has 0 aliphatic rings. The van der Waals surface area contributed by atoms with E-state index in [9.17, 15) is 24.6 Å². The number of ether oxygens (including phenoxy) is 1. The van der Waals surface area contributed by atoms with Crippen LogP contribution in [0, 0.1) is 0 Å². The average Bonchev–Trinajstić information content (AvgIpc) is 2.69. The van der Waals surface area contributed by atoms with E-state index in [4.69, 9.17) is 4.74 Å². The number of hydrogen-bond donors (Lipinski definition) is 4. The lowest BCUT2D eigenvalue weighted by atomic mass is 9.99. The van der Waals surface area contributed by atoms with Crippen LogP contribution in [0.3, 0.4) is 0 Å². The molecule has 0 spiro atoms. The lowest BCUT2D eigenvalue weighted by molar-refractivity contribution is -0.144. The van der Waals surface area contributed by atoms with Gasteiger partial charge in [0.1, 0.15) is 17.7 Å². The summed E-state index contributed by atoms with van der Waals surface area (Å²) in [5.41, 5.74) is 0.240. The first-order chi connectivity index (χ1) is 15.2. The number of nitrogens with one attached hydrogen (secondary N) is 2. The maximum atomic E-state index is 13.4. The zero-order valence-electron chi connectivity index (χ0n) is 20.8. The molecule has 9 heteroatoms. The van der Waals surface area contributed by atoms with Gasteiger partial charge in [-0.1, -0.05) is 31.2 Å². The Bertz CT molecular complexity index is 796. The number of amides is 3. The first-order valence-electron chi connectivity index (χ1n) is 11.1. The quantitative estimate of drug-likeness (QED) is 0.441. The van der Waals surface area contributed by atoms with E-state index in [2.05, 4.69) is 10.6 Å². The Kier molecular flexibility index (Phi) is 10.3. The summed E-state index contributed by atoms with van der Waals surface area (Å²) in [4.78, 5) is 40.0. The minimum absolute atomic E-state index is 0.177. The van der Waals surface area contributed by atoms with Crippen molar-refractivity contribution >= 4 is 17.9 Å². The molecule has 3 amide bonds. The van der Waals surface area contributed by atoms with Gasteiger partial charge in [-0.2, -0.15) is 0 Å². The highest BCUT2D eigenvalue weighted by Crippen LogP contribution is 2.24. The van der Waals surface area contributed by atoms with Gasteiger partial charge in [-0.25, -0.2) is 4.79 Å². The molecule has 0 aromatic heterocycles. The molecule has 4 N–H and O–H groups in total. The minimum atomic E-state index is -1.36. The van der Waals surface area contributed by atoms with Gasteiger partial charge in [-0.05, 0) is 59.1 Å². The molecular weight excluding hydrogens is 426 g/mol. The number of carbonyl (C=O) groups excluding carboxylic acids is 3. The monoisotopic (exact) mass is 465 g/mol. The van der Waals surface area contributed by atoms with Crippen LogP contribution in [0.4, 0.5) is 4.79 Å². The zero-order chi connectivity index (χ0) is 25.4. The Balaban J connectivity index is 3.35. The zero-order valence-corrected chi connectivity index (χ0v) is 20.8. The largest absolute Gasteiger partial charge is 0.444 e. The number of aryl methyl sites for hydroxylation is 1. The number of rotatable bonds is 9. The van der Waals surface area contributed by atoms with E-state index in [0.717, 1.165) is 12.0 Å². The van der Waals surface area contributed by atoms with E-state index < -0.39 is 54.3 Å². The molecular formula is C24H39N3O6. The van der Waals surface area contributed by atoms with Crippen molar-refractivity contribution in [2.75, 3.05) is 19.8 Å². The minimum Gasteiger partial charge on any atom is -0.444 e. The van der Waals surface area contributed by atoms with Crippen molar-refractivity contribution in [3.8, 4) is 0 Å². The molecule has 2 atom stereocenters. The second kappa shape index (κ2) is 12.0. The summed E-state index contributed by atoms with van der Waals surface area (Å²) in [5.74, 6) is -1.16. The van der Waals surface area contributed by atoms with Gasteiger partial charge in [0, 0.05) is 12.1 Å². The number of hydrogen-bond acceptors (Lipinski definition) is 6. The van der Waals surface area contributed by atoms with Gasteiger partial charge in [-0.15, -0.1) is 0 Å². The summed E-state index contributed by atoms with van der Waals surface area (Å²) in [6, 6.07) is 4.83. The summed E-state index contributed by atoms with van der Waals surface area (Å²) >= 11 is 0. The molecule has 0 saturated carbocycles. The Morgan fingerprint density at radius 2 is 1.61 bits per heavy atom. The van der Waals surface area contributed by atoms with Crippen molar-refractivity contribution in [2.45, 2.75) is 78.1 Å². The van der Waals surface area contributed by atoms with E-state index in [0.29, 0.717) is 5.56 Å². The normalized spacial score (nSPS) is 13.6. The molecule has 0 aliphatic heterocycles. The molecule has 1 aromatic carbocycles. The van der Waals surface area contributed by atoms with E-state index in [1.807, 2.05) is 39.8 Å². The second-order valence-electron chi connectivity index (χ2n) is 9.87. The number of alkyl carbamates (subject to hydrolysis) is 1. The molecule has 0 saturated heterocycles. The second-order valence-corrected chi connectivity index (χ2v) is 9.87. The van der Waals surface area contributed by atoms with Crippen molar-refractivity contribution in [2.24, 2.45) is 0 Å². The molecule has 0 fully saturated rings. The van der Waals surface area contributed by atoms with Crippen LogP contribution in [0.1, 0.15) is 65.6 Å². The maximum absolute atomic E-state index is 13.4. The van der Waals surface area contributed by atoms with E-state index in [-0.39, 0.29) is 6.54 Å². The van der Waals surface area contributed by atoms with Crippen molar-refractivity contribution in [3.05, 3.63) is 35.4 Å². The van der Waals surface area contributed by atoms with Crippen LogP contribution in [0.25, 0.3) is 0 Å². The lowest BCUT2D eigenvalue weighted by Gasteiger charge is -2.35. The summed E-state index contributed by atoms with van der Waals surface area (Å²) in [5, 5.41) is 24.7. The molecule has 186 valence electrons. The van der Waals surface area contributed by atoms with Crippen LogP contribution in [0.15, 0.2) is 24.3 Å². The number of carbonyl (C=O) groups is 3. The topological polar surface area (TPSA) is 128 Å². The SMILES string of the molecule is CCc1ccc(C(C(=O)NC(C)(C)C)N(CCO)C(=O)C(CO)NC(=O)OC(C)(C)C)cc1. The molecule has 1 rings (SSSR count). The molecule has 9 nitrogen and oxygen atoms in total. The third-order valence-corrected chi connectivity index (χ3v) is 4.56. The van der Waals surface area contributed by atoms with Gasteiger partial charge in [0.15, 0.2) is 0 Å². The Morgan fingerprint density at radius 1 is 1.03 bits per heavy atom. The van der Waals surface area contributed by atoms with Crippen LogP contribution in [0.2, 0.25) is 0 Å². The van der Waals surface area contributed by atoms with E-state index >= 15 is 0 Å². The third kappa shape index (κ3) is 9.39. The Labute approximate surface area is 196 Å². The molecule has 0 radical (unpaired) electrons. The molecule has 33 heavy (non-hydrogen) atoms. The number of aliphatic hydroxyl groups excluding tert-OH is 2. The van der Waals surface area contributed by atoms with Gasteiger partial charge in [0.25, 0.3) is 0 Å². The van der Waals surface area contributed by atoms with Gasteiger partial charge in [0.05, 0.1) is 13.2 Å². The fourth-order valence-electron chi connectivity index (χ4n) is 3.16. The smallest absolute Gasteiger partial charge is 0.408 e. The summed E-state index contributed by atoms with van der Waals surface area (Å²) < 4.78 is 5.18. The first-order valence-corrected chi connectivity index (χ1v) is 11.1. The van der Waals surface area contributed by atoms with Gasteiger partial charge >= 0.3 is 6.09 Å². The number of benzene rings is 1. The maximum Gasteiger partial charge on any atom is 0.408 e. The van der Waals surface area contributed by atoms with Crippen LogP contribution in [-0.2, 0) is 20.7 Å². The average molecular weight is 466 g/mol. The third-order valence-electron chi connectivity index (χ3n) is 4.56. The summed E-state index contributed by atoms with van der Waals surface area (Å²) in [7, 11) is 0. The Hall–Kier alpha value is -2.65. The van der Waals surface area contributed by atoms with Crippen molar-refractivity contribution < 1.29 is 29.3 Å². The molecule has 0 bridgehead atoms. The van der Waals surface area contributed by atoms with Crippen LogP contribution >= 0.6 is 0 Å². The fraction of sp³-hybridized carbons (Fsp3) is 0.625. The van der Waals surface area contributed by atoms with Crippen LogP contribution in [0.5, 0.6) is 0 Å². The summed E-state index contributed by atoms with van der Waals surface area (Å²) in [6.45, 7) is 11.2. The van der Waals surface area contributed by atoms with Crippen LogP contribution in [-0.4, -0.2) is 70.0 Å². The highest BCUT2D eigenvalue weighted by molar-refractivity contribution is 5.92. The lowest BCUT2D eigenvalue weighted by Crippen LogP contribution is -2.56. The fourth-order valence-corrected chi connectivity index (χ4v) is 3.16. The van der Waals surface area contributed by atoms with Gasteiger partial charge < -0.3 is 30.5 Å². The highest BCUT2D eigenvalue weighted by Gasteiger charge is 2.36. The molecule has 0 heterocycles. The number of aliphatic hydroxyl groups is 2. The summed E-state index contributed by atoms with van der Waals surface area (Å²) in [6.07, 6.45) is -0.0630. The predicted octanol–water partition coefficient (Wildman–Crippen LogP) is 1.91. The van der Waals surface area contributed by atoms with Crippen molar-refractivity contribution in [1.29, 1.82) is 0 Å². The predicted molar refractivity (Wildman–Crippen MR) is 125 cm³/mol. The van der Waals surface area contributed by atoms with Crippen LogP contribution < -0.4 is 10.6 Å². The van der Waals surface area contributed by atoms with Crippen molar-refractivity contribution in [1.82, 2.24) is 15.5 Å². The first kappa shape index (κ1) is 28.4. The van der Waals surface area contributed by atoms with Crippen molar-refractivity contribution in [3.63, 3.8) is 0 Å².